The SMILES string of the molecule is CNc1nc(Nc2cccc(-c3ncn(CCN=[N+]=[N-])n3)c2)nc2nc[nH]c12. The van der Waals surface area contributed by atoms with Gasteiger partial charge in [-0.1, -0.05) is 17.2 Å². The van der Waals surface area contributed by atoms with E-state index in [2.05, 4.69) is 50.7 Å². The maximum atomic E-state index is 8.34. The molecule has 1 aromatic carbocycles. The summed E-state index contributed by atoms with van der Waals surface area (Å²) in [6.07, 6.45) is 3.19. The lowest BCUT2D eigenvalue weighted by molar-refractivity contribution is 0.623. The summed E-state index contributed by atoms with van der Waals surface area (Å²) in [4.78, 5) is 23.1. The van der Waals surface area contributed by atoms with E-state index in [9.17, 15) is 0 Å². The number of nitrogens with one attached hydrogen (secondary N) is 3. The zero-order valence-electron chi connectivity index (χ0n) is 14.9. The van der Waals surface area contributed by atoms with Gasteiger partial charge in [-0.2, -0.15) is 15.1 Å². The fourth-order valence-corrected chi connectivity index (χ4v) is 2.66. The molecule has 0 aliphatic carbocycles. The Bertz CT molecular complexity index is 1150. The number of aromatic nitrogens is 7. The molecule has 0 saturated heterocycles. The van der Waals surface area contributed by atoms with Crippen LogP contribution in [0.3, 0.4) is 0 Å². The van der Waals surface area contributed by atoms with Crippen LogP contribution in [0.15, 0.2) is 42.0 Å². The smallest absolute Gasteiger partial charge is 0.231 e. The molecule has 0 unspecified atom stereocenters. The van der Waals surface area contributed by atoms with Crippen LogP contribution in [0.1, 0.15) is 0 Å². The van der Waals surface area contributed by atoms with Gasteiger partial charge in [0.1, 0.15) is 11.8 Å². The summed E-state index contributed by atoms with van der Waals surface area (Å²) < 4.78 is 1.64. The van der Waals surface area contributed by atoms with Gasteiger partial charge in [0, 0.05) is 36.3 Å². The largest absolute Gasteiger partial charge is 0.371 e. The highest BCUT2D eigenvalue weighted by Crippen LogP contribution is 2.23. The molecule has 4 rings (SSSR count). The van der Waals surface area contributed by atoms with Crippen molar-refractivity contribution in [1.82, 2.24) is 34.7 Å². The second kappa shape index (κ2) is 7.60. The second-order valence-corrected chi connectivity index (χ2v) is 5.74. The van der Waals surface area contributed by atoms with Crippen molar-refractivity contribution >= 4 is 28.6 Å². The van der Waals surface area contributed by atoms with Gasteiger partial charge in [0.05, 0.1) is 6.33 Å². The van der Waals surface area contributed by atoms with E-state index >= 15 is 0 Å². The highest BCUT2D eigenvalue weighted by Gasteiger charge is 2.10. The maximum Gasteiger partial charge on any atom is 0.231 e. The number of hydrogen-bond donors (Lipinski definition) is 3. The average molecular weight is 376 g/mol. The van der Waals surface area contributed by atoms with Gasteiger partial charge in [0.25, 0.3) is 0 Å². The quantitative estimate of drug-likeness (QED) is 0.254. The highest BCUT2D eigenvalue weighted by atomic mass is 15.3. The number of hydrogen-bond acceptors (Lipinski definition) is 8. The lowest BCUT2D eigenvalue weighted by Crippen LogP contribution is -2.02. The summed E-state index contributed by atoms with van der Waals surface area (Å²) in [6.45, 7) is 0.793. The van der Waals surface area contributed by atoms with Crippen molar-refractivity contribution in [3.8, 4) is 11.4 Å². The van der Waals surface area contributed by atoms with E-state index in [0.29, 0.717) is 36.3 Å². The molecule has 0 radical (unpaired) electrons. The van der Waals surface area contributed by atoms with E-state index in [4.69, 9.17) is 5.53 Å². The highest BCUT2D eigenvalue weighted by molar-refractivity contribution is 5.84. The number of aromatic amines is 1. The molecular formula is C16H16N12. The molecule has 28 heavy (non-hydrogen) atoms. The first-order valence-electron chi connectivity index (χ1n) is 8.43. The van der Waals surface area contributed by atoms with Gasteiger partial charge in [-0.05, 0) is 17.7 Å². The molecule has 3 heterocycles. The van der Waals surface area contributed by atoms with Crippen LogP contribution in [-0.2, 0) is 6.54 Å². The minimum Gasteiger partial charge on any atom is -0.371 e. The standard InChI is InChI=1S/C16H16N12/c1-18-14-12-15(20-8-19-12)25-16(24-14)23-11-4-2-3-10(7-11)13-21-9-28(26-13)6-5-22-27-17/h2-4,7-9H,5-6H2,1H3,(H3,18,19,20,23,24,25). The van der Waals surface area contributed by atoms with E-state index in [-0.39, 0.29) is 0 Å². The molecule has 3 aromatic heterocycles. The Morgan fingerprint density at radius 2 is 2.21 bits per heavy atom. The molecule has 3 N–H and O–H groups in total. The van der Waals surface area contributed by atoms with Crippen LogP contribution >= 0.6 is 0 Å². The van der Waals surface area contributed by atoms with Crippen LogP contribution in [0.25, 0.3) is 33.0 Å². The van der Waals surface area contributed by atoms with Crippen LogP contribution in [0.2, 0.25) is 0 Å². The molecule has 0 aliphatic heterocycles. The van der Waals surface area contributed by atoms with Crippen molar-refractivity contribution in [2.45, 2.75) is 6.54 Å². The van der Waals surface area contributed by atoms with E-state index in [0.717, 1.165) is 16.8 Å². The Morgan fingerprint density at radius 1 is 1.29 bits per heavy atom. The van der Waals surface area contributed by atoms with Crippen LogP contribution in [0.4, 0.5) is 17.5 Å². The van der Waals surface area contributed by atoms with Gasteiger partial charge in [0.2, 0.25) is 5.95 Å². The molecule has 12 nitrogen and oxygen atoms in total. The van der Waals surface area contributed by atoms with Gasteiger partial charge < -0.3 is 15.6 Å². The number of H-pyrrole nitrogens is 1. The average Bonchev–Trinajstić information content (AvgIpc) is 3.37. The minimum atomic E-state index is 0.321. The molecule has 0 bridgehead atoms. The van der Waals surface area contributed by atoms with E-state index in [1.54, 1.807) is 24.4 Å². The Kier molecular flexibility index (Phi) is 4.68. The van der Waals surface area contributed by atoms with Crippen molar-refractivity contribution in [3.63, 3.8) is 0 Å². The third-order valence-corrected chi connectivity index (χ3v) is 3.93. The van der Waals surface area contributed by atoms with E-state index < -0.39 is 0 Å². The van der Waals surface area contributed by atoms with Crippen molar-refractivity contribution in [2.75, 3.05) is 24.2 Å². The third-order valence-electron chi connectivity index (χ3n) is 3.93. The van der Waals surface area contributed by atoms with Gasteiger partial charge in [-0.3, -0.25) is 4.68 Å². The number of imidazole rings is 1. The lowest BCUT2D eigenvalue weighted by atomic mass is 10.2. The number of nitrogens with zero attached hydrogens (tertiary/aromatic N) is 9. The van der Waals surface area contributed by atoms with E-state index in [1.165, 1.54) is 0 Å². The fourth-order valence-electron chi connectivity index (χ4n) is 2.66. The number of azide groups is 1. The van der Waals surface area contributed by atoms with Gasteiger partial charge >= 0.3 is 0 Å². The number of benzene rings is 1. The molecule has 0 fully saturated rings. The van der Waals surface area contributed by atoms with E-state index in [1.807, 2.05) is 24.3 Å². The summed E-state index contributed by atoms with van der Waals surface area (Å²) in [5, 5.41) is 14.1. The summed E-state index contributed by atoms with van der Waals surface area (Å²) in [6, 6.07) is 7.61. The van der Waals surface area contributed by atoms with Crippen LogP contribution in [-0.4, -0.2) is 48.3 Å². The summed E-state index contributed by atoms with van der Waals surface area (Å²) in [7, 11) is 1.79. The van der Waals surface area contributed by atoms with Crippen molar-refractivity contribution in [1.29, 1.82) is 0 Å². The number of fused-ring (bicyclic) bond motifs is 1. The Hall–Kier alpha value is -4.18. The van der Waals surface area contributed by atoms with Crippen LogP contribution < -0.4 is 10.6 Å². The molecule has 0 saturated carbocycles. The molecule has 12 heteroatoms. The third kappa shape index (κ3) is 3.52. The van der Waals surface area contributed by atoms with Gasteiger partial charge in [0.15, 0.2) is 17.3 Å². The molecular weight excluding hydrogens is 360 g/mol. The van der Waals surface area contributed by atoms with Crippen molar-refractivity contribution in [2.24, 2.45) is 5.11 Å². The van der Waals surface area contributed by atoms with Crippen molar-refractivity contribution in [3.05, 3.63) is 47.4 Å². The molecule has 0 atom stereocenters. The molecule has 140 valence electrons. The molecule has 0 aliphatic rings. The lowest BCUT2D eigenvalue weighted by Gasteiger charge is -2.08. The van der Waals surface area contributed by atoms with Crippen LogP contribution in [0.5, 0.6) is 0 Å². The first-order valence-corrected chi connectivity index (χ1v) is 8.43. The zero-order valence-corrected chi connectivity index (χ0v) is 14.9. The predicted molar refractivity (Wildman–Crippen MR) is 104 cm³/mol. The normalized spacial score (nSPS) is 10.6. The molecule has 0 amide bonds. The Labute approximate surface area is 158 Å². The minimum absolute atomic E-state index is 0.321. The predicted octanol–water partition coefficient (Wildman–Crippen LogP) is 2.71. The first-order chi connectivity index (χ1) is 13.8. The summed E-state index contributed by atoms with van der Waals surface area (Å²) in [5.74, 6) is 1.65. The summed E-state index contributed by atoms with van der Waals surface area (Å²) in [5.41, 5.74) is 11.3. The number of anilines is 3. The Balaban J connectivity index is 1.57. The molecule has 4 aromatic rings. The second-order valence-electron chi connectivity index (χ2n) is 5.74. The number of rotatable bonds is 7. The topological polar surface area (TPSA) is 158 Å². The van der Waals surface area contributed by atoms with Gasteiger partial charge in [-0.15, -0.1) is 0 Å². The monoisotopic (exact) mass is 376 g/mol. The van der Waals surface area contributed by atoms with Crippen molar-refractivity contribution < 1.29 is 0 Å². The summed E-state index contributed by atoms with van der Waals surface area (Å²) >= 11 is 0. The zero-order chi connectivity index (χ0) is 19.3. The van der Waals surface area contributed by atoms with Gasteiger partial charge in [-0.25, -0.2) is 9.97 Å². The maximum absolute atomic E-state index is 8.34. The first kappa shape index (κ1) is 17.2. The fraction of sp³-hybridized carbons (Fsp3) is 0.188. The van der Waals surface area contributed by atoms with Crippen LogP contribution in [0, 0.1) is 0 Å². The Morgan fingerprint density at radius 3 is 3.07 bits per heavy atom. The molecule has 0 spiro atoms.